The molecule has 1 heterocycles. The highest BCUT2D eigenvalue weighted by molar-refractivity contribution is 6.33. The Morgan fingerprint density at radius 3 is 2.10 bits per heavy atom. The molecule has 0 unspecified atom stereocenters. The number of nitrogens with zero attached hydrogens (tertiary/aromatic N) is 1. The number of methoxy groups -OCH3 is 2. The molecule has 0 saturated carbocycles. The van der Waals surface area contributed by atoms with Crippen LogP contribution in [0.1, 0.15) is 17.2 Å². The van der Waals surface area contributed by atoms with Crippen LogP contribution in [-0.4, -0.2) is 14.2 Å². The van der Waals surface area contributed by atoms with E-state index in [2.05, 4.69) is 40.8 Å². The summed E-state index contributed by atoms with van der Waals surface area (Å²) in [5.41, 5.74) is 7.63. The third-order valence-corrected chi connectivity index (χ3v) is 5.33. The van der Waals surface area contributed by atoms with E-state index in [-0.39, 0.29) is 6.04 Å². The van der Waals surface area contributed by atoms with Gasteiger partial charge in [0.15, 0.2) is 0 Å². The van der Waals surface area contributed by atoms with E-state index in [0.29, 0.717) is 5.02 Å². The van der Waals surface area contributed by atoms with Gasteiger partial charge in [-0.2, -0.15) is 0 Å². The lowest BCUT2D eigenvalue weighted by Crippen LogP contribution is -2.34. The van der Waals surface area contributed by atoms with Gasteiger partial charge in [-0.3, -0.25) is 10.4 Å². The van der Waals surface area contributed by atoms with Crippen LogP contribution in [-0.2, 0) is 0 Å². The third kappa shape index (κ3) is 4.29. The number of rotatable bonds is 6. The fraction of sp³-hybridized carbons (Fsp3) is 0.120. The average Bonchev–Trinajstić information content (AvgIpc) is 3.22. The molecular formula is C25H23ClN2O2. The number of nitrogens with one attached hydrogen (secondary N) is 1. The molecule has 3 aromatic carbocycles. The minimum Gasteiger partial charge on any atom is -0.497 e. The zero-order valence-corrected chi connectivity index (χ0v) is 17.6. The van der Waals surface area contributed by atoms with Crippen LogP contribution in [0.15, 0.2) is 90.6 Å². The molecule has 4 rings (SSSR count). The van der Waals surface area contributed by atoms with Crippen molar-refractivity contribution in [3.8, 4) is 11.5 Å². The van der Waals surface area contributed by atoms with E-state index in [9.17, 15) is 0 Å². The minimum absolute atomic E-state index is 0.00803. The molecule has 0 aliphatic carbocycles. The maximum atomic E-state index is 6.50. The molecule has 0 bridgehead atoms. The SMILES string of the molecule is COc1ccc(C=CC2=C[C@H](c3ccc(OC)cc3)N(c3ccccc3Cl)N2)cc1. The second-order valence-corrected chi connectivity index (χ2v) is 7.29. The highest BCUT2D eigenvalue weighted by Crippen LogP contribution is 2.36. The Hall–Kier alpha value is -3.37. The van der Waals surface area contributed by atoms with Crippen molar-refractivity contribution in [3.63, 3.8) is 0 Å². The molecular weight excluding hydrogens is 396 g/mol. The summed E-state index contributed by atoms with van der Waals surface area (Å²) in [5.74, 6) is 1.67. The number of anilines is 1. The highest BCUT2D eigenvalue weighted by atomic mass is 35.5. The molecule has 3 aromatic rings. The molecule has 0 saturated heterocycles. The van der Waals surface area contributed by atoms with Crippen molar-refractivity contribution in [2.45, 2.75) is 6.04 Å². The molecule has 0 radical (unpaired) electrons. The summed E-state index contributed by atoms with van der Waals surface area (Å²) in [4.78, 5) is 0. The van der Waals surface area contributed by atoms with Crippen LogP contribution in [0.3, 0.4) is 0 Å². The Balaban J connectivity index is 1.64. The lowest BCUT2D eigenvalue weighted by Gasteiger charge is -2.28. The van der Waals surface area contributed by atoms with E-state index < -0.39 is 0 Å². The molecule has 0 aromatic heterocycles. The van der Waals surface area contributed by atoms with Crippen LogP contribution >= 0.6 is 11.6 Å². The van der Waals surface area contributed by atoms with E-state index in [1.54, 1.807) is 14.2 Å². The monoisotopic (exact) mass is 418 g/mol. The van der Waals surface area contributed by atoms with Crippen LogP contribution < -0.4 is 19.9 Å². The summed E-state index contributed by atoms with van der Waals surface area (Å²) in [6.07, 6.45) is 6.32. The van der Waals surface area contributed by atoms with Gasteiger partial charge < -0.3 is 9.47 Å². The Morgan fingerprint density at radius 1 is 0.833 bits per heavy atom. The predicted octanol–water partition coefficient (Wildman–Crippen LogP) is 6.02. The Labute approximate surface area is 182 Å². The summed E-state index contributed by atoms with van der Waals surface area (Å²) in [6, 6.07) is 23.9. The van der Waals surface area contributed by atoms with Gasteiger partial charge in [0.2, 0.25) is 0 Å². The summed E-state index contributed by atoms with van der Waals surface area (Å²) < 4.78 is 10.5. The van der Waals surface area contributed by atoms with Crippen LogP contribution in [0, 0.1) is 0 Å². The molecule has 1 atom stereocenters. The third-order valence-electron chi connectivity index (χ3n) is 5.01. The van der Waals surface area contributed by atoms with Gasteiger partial charge in [0.25, 0.3) is 0 Å². The van der Waals surface area contributed by atoms with Crippen LogP contribution in [0.4, 0.5) is 5.69 Å². The first-order valence-corrected chi connectivity index (χ1v) is 10.0. The maximum absolute atomic E-state index is 6.50. The van der Waals surface area contributed by atoms with Crippen molar-refractivity contribution in [1.82, 2.24) is 5.43 Å². The van der Waals surface area contributed by atoms with Crippen molar-refractivity contribution < 1.29 is 9.47 Å². The summed E-state index contributed by atoms with van der Waals surface area (Å²) >= 11 is 6.50. The number of benzene rings is 3. The van der Waals surface area contributed by atoms with Crippen molar-refractivity contribution in [2.75, 3.05) is 19.2 Å². The number of hydrogen-bond acceptors (Lipinski definition) is 4. The molecule has 0 fully saturated rings. The number of para-hydroxylation sites is 1. The Bertz CT molecular complexity index is 1060. The van der Waals surface area contributed by atoms with Crippen LogP contribution in [0.2, 0.25) is 5.02 Å². The van der Waals surface area contributed by atoms with Gasteiger partial charge in [-0.1, -0.05) is 54.1 Å². The van der Waals surface area contributed by atoms with Gasteiger partial charge in [0.05, 0.1) is 36.7 Å². The second kappa shape index (κ2) is 8.97. The lowest BCUT2D eigenvalue weighted by molar-refractivity contribution is 0.414. The van der Waals surface area contributed by atoms with Crippen molar-refractivity contribution in [3.05, 3.63) is 107 Å². The highest BCUT2D eigenvalue weighted by Gasteiger charge is 2.27. The molecule has 1 aliphatic heterocycles. The number of halogens is 1. The van der Waals surface area contributed by atoms with Gasteiger partial charge in [-0.05, 0) is 59.7 Å². The fourth-order valence-electron chi connectivity index (χ4n) is 3.39. The molecule has 0 spiro atoms. The molecule has 152 valence electrons. The van der Waals surface area contributed by atoms with E-state index in [1.165, 1.54) is 0 Å². The second-order valence-electron chi connectivity index (χ2n) is 6.88. The fourth-order valence-corrected chi connectivity index (χ4v) is 3.61. The van der Waals surface area contributed by atoms with Gasteiger partial charge >= 0.3 is 0 Å². The summed E-state index contributed by atoms with van der Waals surface area (Å²) in [7, 11) is 3.34. The number of ether oxygens (including phenoxy) is 2. The van der Waals surface area contributed by atoms with Crippen molar-refractivity contribution >= 4 is 23.4 Å². The van der Waals surface area contributed by atoms with E-state index in [4.69, 9.17) is 21.1 Å². The average molecular weight is 419 g/mol. The van der Waals surface area contributed by atoms with E-state index in [0.717, 1.165) is 34.0 Å². The smallest absolute Gasteiger partial charge is 0.118 e. The van der Waals surface area contributed by atoms with Gasteiger partial charge in [0.1, 0.15) is 11.5 Å². The maximum Gasteiger partial charge on any atom is 0.118 e. The predicted molar refractivity (Wildman–Crippen MR) is 123 cm³/mol. The molecule has 4 nitrogen and oxygen atoms in total. The molecule has 1 N–H and O–H groups in total. The number of allylic oxidation sites excluding steroid dienone is 1. The summed E-state index contributed by atoms with van der Waals surface area (Å²) in [6.45, 7) is 0. The Kier molecular flexibility index (Phi) is 5.96. The van der Waals surface area contributed by atoms with Crippen molar-refractivity contribution in [2.24, 2.45) is 0 Å². The zero-order chi connectivity index (χ0) is 20.9. The first-order valence-electron chi connectivity index (χ1n) is 9.66. The first kappa shape index (κ1) is 19.9. The van der Waals surface area contributed by atoms with Crippen LogP contribution in [0.5, 0.6) is 11.5 Å². The van der Waals surface area contributed by atoms with E-state index >= 15 is 0 Å². The lowest BCUT2D eigenvalue weighted by atomic mass is 10.1. The molecule has 1 aliphatic rings. The van der Waals surface area contributed by atoms with Gasteiger partial charge in [0, 0.05) is 0 Å². The normalized spacial score (nSPS) is 15.8. The molecule has 30 heavy (non-hydrogen) atoms. The number of hydrazine groups is 1. The quantitative estimate of drug-likeness (QED) is 0.530. The van der Waals surface area contributed by atoms with E-state index in [1.807, 2.05) is 60.7 Å². The largest absolute Gasteiger partial charge is 0.497 e. The molecule has 0 amide bonds. The zero-order valence-electron chi connectivity index (χ0n) is 16.9. The number of hydrogen-bond donors (Lipinski definition) is 1. The van der Waals surface area contributed by atoms with Crippen LogP contribution in [0.25, 0.3) is 6.08 Å². The first-order chi connectivity index (χ1) is 14.7. The standard InChI is InChI=1S/C25H23ClN2O2/c1-29-21-13-8-18(9-14-21)7-12-20-17-25(19-10-15-22(30-2)16-11-19)28(27-20)24-6-4-3-5-23(24)26/h3-17,25,27H,1-2H3/t25-/m1/s1. The Morgan fingerprint density at radius 2 is 1.47 bits per heavy atom. The minimum atomic E-state index is -0.00803. The van der Waals surface area contributed by atoms with Gasteiger partial charge in [-0.25, -0.2) is 0 Å². The van der Waals surface area contributed by atoms with Crippen molar-refractivity contribution in [1.29, 1.82) is 0 Å². The van der Waals surface area contributed by atoms with Gasteiger partial charge in [-0.15, -0.1) is 0 Å². The summed E-state index contributed by atoms with van der Waals surface area (Å²) in [5, 5.41) is 2.77. The molecule has 5 heteroatoms. The topological polar surface area (TPSA) is 33.7 Å².